The molecule has 1 heterocycles. The first-order valence-electron chi connectivity index (χ1n) is 8.12. The summed E-state index contributed by atoms with van der Waals surface area (Å²) in [5, 5.41) is 10.3. The molecule has 1 amide bonds. The molecule has 1 aromatic heterocycles. The van der Waals surface area contributed by atoms with Gasteiger partial charge in [-0.15, -0.1) is 0 Å². The fourth-order valence-electron chi connectivity index (χ4n) is 3.11. The van der Waals surface area contributed by atoms with Crippen LogP contribution in [0.15, 0.2) is 30.3 Å². The van der Waals surface area contributed by atoms with Gasteiger partial charge in [-0.05, 0) is 43.6 Å². The number of aromatic nitrogens is 2. The SMILES string of the molecule is CC(CNC(=O)c1n[nH]c2c1CCCC2)Cc1ccccc1. The Morgan fingerprint density at radius 3 is 2.86 bits per heavy atom. The third-order valence-corrected chi connectivity index (χ3v) is 4.31. The first-order chi connectivity index (χ1) is 10.7. The predicted molar refractivity (Wildman–Crippen MR) is 86.9 cm³/mol. The van der Waals surface area contributed by atoms with Gasteiger partial charge in [-0.1, -0.05) is 37.3 Å². The predicted octanol–water partition coefficient (Wildman–Crippen LogP) is 2.90. The smallest absolute Gasteiger partial charge is 0.272 e. The Bertz CT molecular complexity index is 633. The van der Waals surface area contributed by atoms with E-state index in [9.17, 15) is 4.79 Å². The summed E-state index contributed by atoms with van der Waals surface area (Å²) in [6.07, 6.45) is 5.29. The van der Waals surface area contributed by atoms with E-state index in [1.54, 1.807) is 0 Å². The lowest BCUT2D eigenvalue weighted by atomic mass is 9.95. The van der Waals surface area contributed by atoms with Crippen molar-refractivity contribution in [3.05, 3.63) is 52.8 Å². The van der Waals surface area contributed by atoms with Gasteiger partial charge in [0, 0.05) is 17.8 Å². The Balaban J connectivity index is 1.55. The number of fused-ring (bicyclic) bond motifs is 1. The second-order valence-corrected chi connectivity index (χ2v) is 6.24. The number of nitrogens with one attached hydrogen (secondary N) is 2. The van der Waals surface area contributed by atoms with E-state index in [-0.39, 0.29) is 5.91 Å². The fraction of sp³-hybridized carbons (Fsp3) is 0.444. The van der Waals surface area contributed by atoms with Crippen molar-refractivity contribution in [2.45, 2.75) is 39.0 Å². The van der Waals surface area contributed by atoms with Gasteiger partial charge in [-0.2, -0.15) is 5.10 Å². The molecule has 116 valence electrons. The molecular formula is C18H23N3O. The third-order valence-electron chi connectivity index (χ3n) is 4.31. The molecule has 1 atom stereocenters. The van der Waals surface area contributed by atoms with E-state index in [4.69, 9.17) is 0 Å². The molecule has 2 aromatic rings. The largest absolute Gasteiger partial charge is 0.350 e. The van der Waals surface area contributed by atoms with Gasteiger partial charge in [0.2, 0.25) is 0 Å². The Hall–Kier alpha value is -2.10. The van der Waals surface area contributed by atoms with Crippen LogP contribution in [0.3, 0.4) is 0 Å². The number of benzene rings is 1. The van der Waals surface area contributed by atoms with Crippen LogP contribution >= 0.6 is 0 Å². The van der Waals surface area contributed by atoms with Crippen LogP contribution in [0.5, 0.6) is 0 Å². The highest BCUT2D eigenvalue weighted by atomic mass is 16.1. The maximum Gasteiger partial charge on any atom is 0.272 e. The van der Waals surface area contributed by atoms with Crippen LogP contribution in [0, 0.1) is 5.92 Å². The average Bonchev–Trinajstić information content (AvgIpc) is 2.98. The summed E-state index contributed by atoms with van der Waals surface area (Å²) in [5.74, 6) is 0.362. The number of nitrogens with zero attached hydrogens (tertiary/aromatic N) is 1. The summed E-state index contributed by atoms with van der Waals surface area (Å²) in [7, 11) is 0. The summed E-state index contributed by atoms with van der Waals surface area (Å²) in [5.41, 5.74) is 4.18. The molecule has 3 rings (SSSR count). The number of H-pyrrole nitrogens is 1. The van der Waals surface area contributed by atoms with Crippen LogP contribution in [0.4, 0.5) is 0 Å². The van der Waals surface area contributed by atoms with Crippen LogP contribution < -0.4 is 5.32 Å². The van der Waals surface area contributed by atoms with E-state index in [2.05, 4.69) is 46.7 Å². The van der Waals surface area contributed by atoms with Crippen molar-refractivity contribution in [1.29, 1.82) is 0 Å². The molecule has 4 heteroatoms. The number of rotatable bonds is 5. The van der Waals surface area contributed by atoms with E-state index in [0.29, 0.717) is 18.2 Å². The first kappa shape index (κ1) is 14.8. The van der Waals surface area contributed by atoms with Crippen molar-refractivity contribution in [1.82, 2.24) is 15.5 Å². The highest BCUT2D eigenvalue weighted by molar-refractivity contribution is 5.94. The molecule has 1 unspecified atom stereocenters. The number of carbonyl (C=O) groups excluding carboxylic acids is 1. The monoisotopic (exact) mass is 297 g/mol. The minimum absolute atomic E-state index is 0.0423. The Labute approximate surface area is 131 Å². The molecule has 22 heavy (non-hydrogen) atoms. The number of amides is 1. The van der Waals surface area contributed by atoms with Crippen LogP contribution in [-0.2, 0) is 19.3 Å². The van der Waals surface area contributed by atoms with Gasteiger partial charge in [-0.25, -0.2) is 0 Å². The number of aryl methyl sites for hydroxylation is 1. The van der Waals surface area contributed by atoms with Gasteiger partial charge in [0.25, 0.3) is 5.91 Å². The van der Waals surface area contributed by atoms with E-state index < -0.39 is 0 Å². The van der Waals surface area contributed by atoms with Crippen molar-refractivity contribution >= 4 is 5.91 Å². The van der Waals surface area contributed by atoms with E-state index in [0.717, 1.165) is 36.9 Å². The Morgan fingerprint density at radius 1 is 1.27 bits per heavy atom. The molecule has 0 bridgehead atoms. The molecule has 0 spiro atoms. The molecule has 0 aliphatic heterocycles. The molecular weight excluding hydrogens is 274 g/mol. The molecule has 1 aliphatic carbocycles. The van der Waals surface area contributed by atoms with Crippen molar-refractivity contribution in [3.63, 3.8) is 0 Å². The maximum absolute atomic E-state index is 12.3. The number of hydrogen-bond donors (Lipinski definition) is 2. The molecule has 0 fully saturated rings. The van der Waals surface area contributed by atoms with E-state index >= 15 is 0 Å². The summed E-state index contributed by atoms with van der Waals surface area (Å²) in [6.45, 7) is 2.84. The van der Waals surface area contributed by atoms with Gasteiger partial charge >= 0.3 is 0 Å². The van der Waals surface area contributed by atoms with Crippen LogP contribution in [0.25, 0.3) is 0 Å². The molecule has 0 saturated carbocycles. The first-order valence-corrected chi connectivity index (χ1v) is 8.12. The Kier molecular flexibility index (Phi) is 4.56. The second-order valence-electron chi connectivity index (χ2n) is 6.24. The lowest BCUT2D eigenvalue weighted by Gasteiger charge is -2.14. The van der Waals surface area contributed by atoms with E-state index in [1.807, 2.05) is 6.07 Å². The van der Waals surface area contributed by atoms with Gasteiger partial charge in [0.15, 0.2) is 5.69 Å². The molecule has 1 aromatic carbocycles. The zero-order chi connectivity index (χ0) is 15.4. The standard InChI is InChI=1S/C18H23N3O/c1-13(11-14-7-3-2-4-8-14)12-19-18(22)17-15-9-5-6-10-16(15)20-21-17/h2-4,7-8,13H,5-6,9-12H2,1H3,(H,19,22)(H,20,21). The highest BCUT2D eigenvalue weighted by Crippen LogP contribution is 2.22. The van der Waals surface area contributed by atoms with Crippen LogP contribution in [0.1, 0.15) is 47.1 Å². The van der Waals surface area contributed by atoms with Crippen molar-refractivity contribution < 1.29 is 4.79 Å². The lowest BCUT2D eigenvalue weighted by Crippen LogP contribution is -2.30. The number of carbonyl (C=O) groups is 1. The second kappa shape index (κ2) is 6.77. The topological polar surface area (TPSA) is 57.8 Å². The zero-order valence-corrected chi connectivity index (χ0v) is 13.1. The van der Waals surface area contributed by atoms with Gasteiger partial charge < -0.3 is 5.32 Å². The minimum atomic E-state index is -0.0423. The molecule has 0 radical (unpaired) electrons. The van der Waals surface area contributed by atoms with Crippen molar-refractivity contribution in [2.24, 2.45) is 5.92 Å². The van der Waals surface area contributed by atoms with Crippen molar-refractivity contribution in [2.75, 3.05) is 6.54 Å². The summed E-state index contributed by atoms with van der Waals surface area (Å²) < 4.78 is 0. The third kappa shape index (κ3) is 3.38. The number of aromatic amines is 1. The minimum Gasteiger partial charge on any atom is -0.350 e. The fourth-order valence-corrected chi connectivity index (χ4v) is 3.11. The normalized spacial score (nSPS) is 15.1. The van der Waals surface area contributed by atoms with Crippen LogP contribution in [-0.4, -0.2) is 22.6 Å². The summed E-state index contributed by atoms with van der Waals surface area (Å²) >= 11 is 0. The maximum atomic E-state index is 12.3. The number of hydrogen-bond acceptors (Lipinski definition) is 2. The van der Waals surface area contributed by atoms with Crippen molar-refractivity contribution in [3.8, 4) is 0 Å². The summed E-state index contributed by atoms with van der Waals surface area (Å²) in [6, 6.07) is 10.4. The molecule has 2 N–H and O–H groups in total. The zero-order valence-electron chi connectivity index (χ0n) is 13.1. The quantitative estimate of drug-likeness (QED) is 0.891. The summed E-state index contributed by atoms with van der Waals surface area (Å²) in [4.78, 5) is 12.3. The molecule has 4 nitrogen and oxygen atoms in total. The van der Waals surface area contributed by atoms with Gasteiger partial charge in [0.05, 0.1) is 0 Å². The van der Waals surface area contributed by atoms with Crippen LogP contribution in [0.2, 0.25) is 0 Å². The lowest BCUT2D eigenvalue weighted by molar-refractivity contribution is 0.0942. The Morgan fingerprint density at radius 2 is 2.05 bits per heavy atom. The molecule has 0 saturated heterocycles. The highest BCUT2D eigenvalue weighted by Gasteiger charge is 2.21. The average molecular weight is 297 g/mol. The molecule has 1 aliphatic rings. The van der Waals surface area contributed by atoms with Gasteiger partial charge in [0.1, 0.15) is 0 Å². The van der Waals surface area contributed by atoms with Gasteiger partial charge in [-0.3, -0.25) is 9.89 Å². The van der Waals surface area contributed by atoms with E-state index in [1.165, 1.54) is 12.0 Å².